The second kappa shape index (κ2) is 6.97. The molecule has 1 aromatic rings. The molecule has 0 saturated carbocycles. The van der Waals surface area contributed by atoms with Crippen molar-refractivity contribution in [2.75, 3.05) is 24.2 Å². The van der Waals surface area contributed by atoms with Gasteiger partial charge in [-0.2, -0.15) is 0 Å². The second-order valence-electron chi connectivity index (χ2n) is 6.83. The molecule has 1 saturated heterocycles. The molecule has 0 spiro atoms. The van der Waals surface area contributed by atoms with Gasteiger partial charge in [-0.05, 0) is 37.0 Å². The Kier molecular flexibility index (Phi) is 5.49. The highest BCUT2D eigenvalue weighted by atomic mass is 32.2. The summed E-state index contributed by atoms with van der Waals surface area (Å²) in [4.78, 5) is 11.4. The molecule has 1 aliphatic heterocycles. The molecule has 4 nitrogen and oxygen atoms in total. The number of nitrogens with zero attached hydrogens (tertiary/aromatic N) is 3. The van der Waals surface area contributed by atoms with Crippen LogP contribution >= 0.6 is 11.8 Å². The van der Waals surface area contributed by atoms with E-state index in [1.54, 1.807) is 0 Å². The highest BCUT2D eigenvalue weighted by Gasteiger charge is 2.22. The second-order valence-corrected chi connectivity index (χ2v) is 8.01. The third-order valence-corrected chi connectivity index (χ3v) is 4.95. The third-order valence-electron chi connectivity index (χ3n) is 4.11. The Bertz CT molecular complexity index is 433. The van der Waals surface area contributed by atoms with Crippen molar-refractivity contribution in [1.82, 2.24) is 15.3 Å². The molecule has 0 aliphatic carbocycles. The van der Waals surface area contributed by atoms with Crippen molar-refractivity contribution < 1.29 is 0 Å². The fourth-order valence-electron chi connectivity index (χ4n) is 2.52. The highest BCUT2D eigenvalue weighted by molar-refractivity contribution is 7.99. The van der Waals surface area contributed by atoms with Crippen molar-refractivity contribution in [1.29, 1.82) is 0 Å². The van der Waals surface area contributed by atoms with Gasteiger partial charge >= 0.3 is 0 Å². The molecule has 118 valence electrons. The predicted octanol–water partition coefficient (Wildman–Crippen LogP) is 3.04. The zero-order chi connectivity index (χ0) is 15.5. The molecule has 1 fully saturated rings. The van der Waals surface area contributed by atoms with E-state index in [0.717, 1.165) is 31.9 Å². The highest BCUT2D eigenvalue weighted by Crippen LogP contribution is 2.22. The maximum Gasteiger partial charge on any atom is 0.225 e. The van der Waals surface area contributed by atoms with Crippen LogP contribution in [0.5, 0.6) is 0 Å². The first-order chi connectivity index (χ1) is 9.90. The maximum atomic E-state index is 4.56. The summed E-state index contributed by atoms with van der Waals surface area (Å²) in [6, 6.07) is 0.623. The Morgan fingerprint density at radius 3 is 2.29 bits per heavy atom. The molecule has 0 bridgehead atoms. The Hall–Kier alpha value is -0.810. The zero-order valence-electron chi connectivity index (χ0n) is 13.9. The average Bonchev–Trinajstić information content (AvgIpc) is 2.47. The number of hydrogen-bond donors (Lipinski definition) is 1. The lowest BCUT2D eigenvalue weighted by Gasteiger charge is -2.33. The topological polar surface area (TPSA) is 41.0 Å². The van der Waals surface area contributed by atoms with Crippen molar-refractivity contribution in [2.24, 2.45) is 0 Å². The Morgan fingerprint density at radius 2 is 1.81 bits per heavy atom. The molecule has 21 heavy (non-hydrogen) atoms. The fourth-order valence-corrected chi connectivity index (χ4v) is 2.85. The summed E-state index contributed by atoms with van der Waals surface area (Å²) in [6.07, 6.45) is 8.42. The standard InChI is InChI=1S/C16H28N4S/c1-12(21-5)19-14-6-8-20(9-7-14)15-17-10-13(11-18-15)16(2,3)4/h10-12,14,19H,6-9H2,1-5H3. The van der Waals surface area contributed by atoms with Crippen molar-refractivity contribution in [3.63, 3.8) is 0 Å². The summed E-state index contributed by atoms with van der Waals surface area (Å²) >= 11 is 1.87. The number of thioether (sulfide) groups is 1. The number of piperidine rings is 1. The summed E-state index contributed by atoms with van der Waals surface area (Å²) in [7, 11) is 0. The van der Waals surface area contributed by atoms with Crippen LogP contribution in [0, 0.1) is 0 Å². The van der Waals surface area contributed by atoms with Gasteiger partial charge in [-0.1, -0.05) is 20.8 Å². The molecule has 2 rings (SSSR count). The van der Waals surface area contributed by atoms with Gasteiger partial charge < -0.3 is 10.2 Å². The summed E-state index contributed by atoms with van der Waals surface area (Å²) in [5.74, 6) is 0.874. The smallest absolute Gasteiger partial charge is 0.225 e. The van der Waals surface area contributed by atoms with Crippen molar-refractivity contribution >= 4 is 17.7 Å². The third kappa shape index (κ3) is 4.58. The molecular weight excluding hydrogens is 280 g/mol. The normalized spacial score (nSPS) is 18.8. The van der Waals surface area contributed by atoms with Gasteiger partial charge in [0.2, 0.25) is 5.95 Å². The molecule has 1 aliphatic rings. The van der Waals surface area contributed by atoms with E-state index in [9.17, 15) is 0 Å². The molecule has 1 aromatic heterocycles. The van der Waals surface area contributed by atoms with Gasteiger partial charge in [0.25, 0.3) is 0 Å². The van der Waals surface area contributed by atoms with Gasteiger partial charge in [0.1, 0.15) is 0 Å². The minimum absolute atomic E-state index is 0.114. The first-order valence-electron chi connectivity index (χ1n) is 7.76. The average molecular weight is 308 g/mol. The van der Waals surface area contributed by atoms with E-state index in [1.165, 1.54) is 5.56 Å². The Labute approximate surface area is 133 Å². The van der Waals surface area contributed by atoms with E-state index in [0.29, 0.717) is 11.4 Å². The van der Waals surface area contributed by atoms with Crippen LogP contribution in [0.4, 0.5) is 5.95 Å². The molecule has 2 heterocycles. The molecule has 0 aromatic carbocycles. The van der Waals surface area contributed by atoms with Crippen molar-refractivity contribution in [3.05, 3.63) is 18.0 Å². The Morgan fingerprint density at radius 1 is 1.24 bits per heavy atom. The quantitative estimate of drug-likeness (QED) is 0.866. The monoisotopic (exact) mass is 308 g/mol. The van der Waals surface area contributed by atoms with Crippen LogP contribution in [-0.4, -0.2) is 40.7 Å². The minimum atomic E-state index is 0.114. The van der Waals surface area contributed by atoms with E-state index in [1.807, 2.05) is 24.2 Å². The van der Waals surface area contributed by atoms with Crippen LogP contribution in [0.1, 0.15) is 46.1 Å². The lowest BCUT2D eigenvalue weighted by Crippen LogP contribution is -2.45. The SMILES string of the molecule is CSC(C)NC1CCN(c2ncc(C(C)(C)C)cn2)CC1. The summed E-state index contributed by atoms with van der Waals surface area (Å²) in [5, 5.41) is 4.20. The van der Waals surface area contributed by atoms with Gasteiger partial charge in [-0.15, -0.1) is 11.8 Å². The lowest BCUT2D eigenvalue weighted by atomic mass is 9.89. The number of nitrogens with one attached hydrogen (secondary N) is 1. The van der Waals surface area contributed by atoms with Gasteiger partial charge in [0.15, 0.2) is 0 Å². The van der Waals surface area contributed by atoms with Crippen LogP contribution in [0.15, 0.2) is 12.4 Å². The van der Waals surface area contributed by atoms with Gasteiger partial charge in [-0.25, -0.2) is 9.97 Å². The van der Waals surface area contributed by atoms with Crippen LogP contribution in [0.3, 0.4) is 0 Å². The lowest BCUT2D eigenvalue weighted by molar-refractivity contribution is 0.411. The molecule has 1 atom stereocenters. The number of anilines is 1. The maximum absolute atomic E-state index is 4.56. The summed E-state index contributed by atoms with van der Waals surface area (Å²) < 4.78 is 0. The van der Waals surface area contributed by atoms with E-state index in [4.69, 9.17) is 0 Å². The first-order valence-corrected chi connectivity index (χ1v) is 9.05. The van der Waals surface area contributed by atoms with Crippen LogP contribution in [-0.2, 0) is 5.41 Å². The Balaban J connectivity index is 1.90. The molecular formula is C16H28N4S. The van der Waals surface area contributed by atoms with E-state index in [2.05, 4.69) is 54.1 Å². The predicted molar refractivity (Wildman–Crippen MR) is 92.1 cm³/mol. The van der Waals surface area contributed by atoms with Gasteiger partial charge in [0.05, 0.1) is 5.37 Å². The van der Waals surface area contributed by atoms with Crippen LogP contribution in [0.25, 0.3) is 0 Å². The first kappa shape index (κ1) is 16.6. The summed E-state index contributed by atoms with van der Waals surface area (Å²) in [6.45, 7) is 10.9. The number of hydrogen-bond acceptors (Lipinski definition) is 5. The molecule has 5 heteroatoms. The van der Waals surface area contributed by atoms with Crippen molar-refractivity contribution in [2.45, 2.75) is 57.4 Å². The van der Waals surface area contributed by atoms with E-state index >= 15 is 0 Å². The molecule has 1 unspecified atom stereocenters. The number of rotatable bonds is 4. The van der Waals surface area contributed by atoms with Gasteiger partial charge in [0, 0.05) is 31.5 Å². The van der Waals surface area contributed by atoms with Crippen LogP contribution in [0.2, 0.25) is 0 Å². The largest absolute Gasteiger partial charge is 0.341 e. The number of aromatic nitrogens is 2. The molecule has 1 N–H and O–H groups in total. The fraction of sp³-hybridized carbons (Fsp3) is 0.750. The zero-order valence-corrected chi connectivity index (χ0v) is 14.7. The van der Waals surface area contributed by atoms with E-state index in [-0.39, 0.29) is 5.41 Å². The minimum Gasteiger partial charge on any atom is -0.341 e. The van der Waals surface area contributed by atoms with Crippen LogP contribution < -0.4 is 10.2 Å². The van der Waals surface area contributed by atoms with Gasteiger partial charge in [-0.3, -0.25) is 0 Å². The summed E-state index contributed by atoms with van der Waals surface area (Å²) in [5.41, 5.74) is 1.31. The molecule has 0 radical (unpaired) electrons. The van der Waals surface area contributed by atoms with Crippen molar-refractivity contribution in [3.8, 4) is 0 Å². The molecule has 0 amide bonds. The van der Waals surface area contributed by atoms with E-state index < -0.39 is 0 Å².